The van der Waals surface area contributed by atoms with Gasteiger partial charge in [-0.15, -0.1) is 0 Å². The van der Waals surface area contributed by atoms with Crippen molar-refractivity contribution >= 4 is 22.9 Å². The first-order valence-corrected chi connectivity index (χ1v) is 11.5. The highest BCUT2D eigenvalue weighted by atomic mass is 16.1. The van der Waals surface area contributed by atoms with Gasteiger partial charge in [-0.2, -0.15) is 10.4 Å². The fourth-order valence-corrected chi connectivity index (χ4v) is 4.51. The van der Waals surface area contributed by atoms with E-state index in [0.29, 0.717) is 24.1 Å². The lowest BCUT2D eigenvalue weighted by molar-refractivity contribution is -0.116. The van der Waals surface area contributed by atoms with Crippen molar-refractivity contribution in [1.82, 2.24) is 19.5 Å². The number of hydrogen-bond acceptors (Lipinski definition) is 6. The number of piperazine rings is 1. The number of aromatic nitrogens is 3. The Morgan fingerprint density at radius 2 is 1.94 bits per heavy atom. The molecule has 1 fully saturated rings. The van der Waals surface area contributed by atoms with E-state index in [4.69, 9.17) is 0 Å². The van der Waals surface area contributed by atoms with Crippen LogP contribution in [0.3, 0.4) is 0 Å². The Hall–Kier alpha value is -3.44. The Balaban J connectivity index is 1.40. The lowest BCUT2D eigenvalue weighted by Gasteiger charge is -2.35. The maximum absolute atomic E-state index is 12.7. The van der Waals surface area contributed by atoms with E-state index in [-0.39, 0.29) is 5.91 Å². The first-order valence-electron chi connectivity index (χ1n) is 11.5. The van der Waals surface area contributed by atoms with Crippen LogP contribution in [0.2, 0.25) is 0 Å². The molecule has 3 heterocycles. The Morgan fingerprint density at radius 3 is 2.61 bits per heavy atom. The summed E-state index contributed by atoms with van der Waals surface area (Å²) in [6, 6.07) is 8.39. The van der Waals surface area contributed by atoms with E-state index in [1.165, 1.54) is 11.9 Å². The number of carbonyl (C=O) groups is 1. The Kier molecular flexibility index (Phi) is 6.61. The minimum atomic E-state index is -0.0283. The summed E-state index contributed by atoms with van der Waals surface area (Å²) in [5.74, 6) is -0.0283. The van der Waals surface area contributed by atoms with Crippen molar-refractivity contribution in [3.8, 4) is 6.07 Å². The van der Waals surface area contributed by atoms with Gasteiger partial charge in [-0.25, -0.2) is 9.50 Å². The smallest absolute Gasteiger partial charge is 0.224 e. The first kappa shape index (κ1) is 22.7. The van der Waals surface area contributed by atoms with E-state index >= 15 is 0 Å². The third-order valence-corrected chi connectivity index (χ3v) is 6.60. The van der Waals surface area contributed by atoms with Crippen LogP contribution >= 0.6 is 0 Å². The van der Waals surface area contributed by atoms with Gasteiger partial charge >= 0.3 is 0 Å². The SMILES string of the molecule is CCN1CCN(c2ccc(NC(=O)CCc3c(C)nc4c(C#N)cnn4c3C)c(C)c2)CC1. The normalized spacial score (nSPS) is 14.5. The summed E-state index contributed by atoms with van der Waals surface area (Å²) < 4.78 is 1.68. The molecule has 172 valence electrons. The number of nitriles is 1. The molecule has 2 aromatic heterocycles. The van der Waals surface area contributed by atoms with Crippen LogP contribution in [0.4, 0.5) is 11.4 Å². The molecule has 1 aliphatic rings. The van der Waals surface area contributed by atoms with E-state index in [9.17, 15) is 10.1 Å². The molecule has 3 aromatic rings. The maximum atomic E-state index is 12.7. The van der Waals surface area contributed by atoms with Crippen LogP contribution in [0, 0.1) is 32.1 Å². The zero-order valence-electron chi connectivity index (χ0n) is 19.9. The predicted molar refractivity (Wildman–Crippen MR) is 130 cm³/mol. The molecular formula is C25H31N7O. The number of carbonyl (C=O) groups excluding carboxylic acids is 1. The van der Waals surface area contributed by atoms with Gasteiger partial charge in [0.15, 0.2) is 5.65 Å². The summed E-state index contributed by atoms with van der Waals surface area (Å²) in [5.41, 5.74) is 6.87. The highest BCUT2D eigenvalue weighted by Crippen LogP contribution is 2.24. The number of nitrogens with one attached hydrogen (secondary N) is 1. The molecule has 8 nitrogen and oxygen atoms in total. The minimum absolute atomic E-state index is 0.0283. The van der Waals surface area contributed by atoms with E-state index in [1.807, 2.05) is 26.8 Å². The second kappa shape index (κ2) is 9.59. The lowest BCUT2D eigenvalue weighted by atomic mass is 10.1. The van der Waals surface area contributed by atoms with E-state index in [0.717, 1.165) is 60.9 Å². The quantitative estimate of drug-likeness (QED) is 0.627. The van der Waals surface area contributed by atoms with E-state index in [2.05, 4.69) is 50.3 Å². The van der Waals surface area contributed by atoms with Crippen LogP contribution in [-0.4, -0.2) is 58.1 Å². The molecule has 1 N–H and O–H groups in total. The summed E-state index contributed by atoms with van der Waals surface area (Å²) >= 11 is 0. The zero-order chi connectivity index (χ0) is 23.5. The van der Waals surface area contributed by atoms with Gasteiger partial charge in [0.1, 0.15) is 11.6 Å². The van der Waals surface area contributed by atoms with Crippen molar-refractivity contribution in [1.29, 1.82) is 5.26 Å². The number of benzene rings is 1. The number of nitrogens with zero attached hydrogens (tertiary/aromatic N) is 6. The predicted octanol–water partition coefficient (Wildman–Crippen LogP) is 3.24. The number of hydrogen-bond donors (Lipinski definition) is 1. The number of anilines is 2. The molecule has 4 rings (SSSR count). The molecule has 0 unspecified atom stereocenters. The third-order valence-electron chi connectivity index (χ3n) is 6.60. The van der Waals surface area contributed by atoms with Crippen molar-refractivity contribution in [2.75, 3.05) is 42.9 Å². The van der Waals surface area contributed by atoms with Crippen LogP contribution < -0.4 is 10.2 Å². The molecule has 0 atom stereocenters. The van der Waals surface area contributed by atoms with Gasteiger partial charge in [0.25, 0.3) is 0 Å². The van der Waals surface area contributed by atoms with Gasteiger partial charge in [0.05, 0.1) is 6.20 Å². The average molecular weight is 446 g/mol. The summed E-state index contributed by atoms with van der Waals surface area (Å²) in [6.45, 7) is 13.4. The van der Waals surface area contributed by atoms with Gasteiger partial charge in [-0.3, -0.25) is 4.79 Å². The molecule has 1 amide bonds. The highest BCUT2D eigenvalue weighted by molar-refractivity contribution is 5.92. The largest absolute Gasteiger partial charge is 0.369 e. The Labute approximate surface area is 194 Å². The number of rotatable bonds is 6. The topological polar surface area (TPSA) is 89.6 Å². The zero-order valence-corrected chi connectivity index (χ0v) is 19.9. The number of likely N-dealkylation sites (N-methyl/N-ethyl adjacent to an activating group) is 1. The van der Waals surface area contributed by atoms with Crippen LogP contribution in [0.15, 0.2) is 24.4 Å². The molecule has 33 heavy (non-hydrogen) atoms. The average Bonchev–Trinajstić information content (AvgIpc) is 3.23. The van der Waals surface area contributed by atoms with Crippen molar-refractivity contribution < 1.29 is 4.79 Å². The molecule has 0 radical (unpaired) electrons. The van der Waals surface area contributed by atoms with Gasteiger partial charge in [-0.1, -0.05) is 6.92 Å². The van der Waals surface area contributed by atoms with E-state index in [1.54, 1.807) is 4.52 Å². The highest BCUT2D eigenvalue weighted by Gasteiger charge is 2.18. The third kappa shape index (κ3) is 4.69. The molecule has 0 bridgehead atoms. The lowest BCUT2D eigenvalue weighted by Crippen LogP contribution is -2.46. The van der Waals surface area contributed by atoms with Crippen molar-refractivity contribution in [2.24, 2.45) is 0 Å². The maximum Gasteiger partial charge on any atom is 0.224 e. The van der Waals surface area contributed by atoms with Crippen molar-refractivity contribution in [3.63, 3.8) is 0 Å². The second-order valence-corrected chi connectivity index (χ2v) is 8.64. The van der Waals surface area contributed by atoms with Crippen LogP contribution in [0.25, 0.3) is 5.65 Å². The van der Waals surface area contributed by atoms with Crippen LogP contribution in [0.5, 0.6) is 0 Å². The fraction of sp³-hybridized carbons (Fsp3) is 0.440. The first-order chi connectivity index (χ1) is 15.9. The van der Waals surface area contributed by atoms with E-state index < -0.39 is 0 Å². The van der Waals surface area contributed by atoms with Gasteiger partial charge in [0, 0.05) is 55.4 Å². The number of amides is 1. The summed E-state index contributed by atoms with van der Waals surface area (Å²) in [7, 11) is 0. The Morgan fingerprint density at radius 1 is 1.18 bits per heavy atom. The molecule has 0 spiro atoms. The molecular weight excluding hydrogens is 414 g/mol. The summed E-state index contributed by atoms with van der Waals surface area (Å²) in [5, 5.41) is 16.6. The Bertz CT molecular complexity index is 1220. The fourth-order valence-electron chi connectivity index (χ4n) is 4.51. The number of fused-ring (bicyclic) bond motifs is 1. The molecule has 1 aliphatic heterocycles. The van der Waals surface area contributed by atoms with Gasteiger partial charge in [0.2, 0.25) is 5.91 Å². The molecule has 1 saturated heterocycles. The standard InChI is InChI=1S/C25H31N7O/c1-5-30-10-12-31(13-11-30)21-6-8-23(17(2)14-21)29-24(33)9-7-22-18(3)28-25-20(15-26)16-27-32(25)19(22)4/h6,8,14,16H,5,7,9-13H2,1-4H3,(H,29,33). The summed E-state index contributed by atoms with van der Waals surface area (Å²) in [4.78, 5) is 22.1. The van der Waals surface area contributed by atoms with Gasteiger partial charge < -0.3 is 15.1 Å². The molecule has 0 aliphatic carbocycles. The molecule has 0 saturated carbocycles. The molecule has 1 aromatic carbocycles. The second-order valence-electron chi connectivity index (χ2n) is 8.64. The molecule has 8 heteroatoms. The number of aryl methyl sites for hydroxylation is 3. The van der Waals surface area contributed by atoms with Crippen molar-refractivity contribution in [3.05, 3.63) is 52.5 Å². The van der Waals surface area contributed by atoms with Crippen LogP contribution in [0.1, 0.15) is 41.4 Å². The monoisotopic (exact) mass is 445 g/mol. The van der Waals surface area contributed by atoms with Crippen molar-refractivity contribution in [2.45, 2.75) is 40.5 Å². The summed E-state index contributed by atoms with van der Waals surface area (Å²) in [6.07, 6.45) is 2.44. The van der Waals surface area contributed by atoms with Crippen LogP contribution in [-0.2, 0) is 11.2 Å². The van der Waals surface area contributed by atoms with Gasteiger partial charge in [-0.05, 0) is 63.1 Å². The minimum Gasteiger partial charge on any atom is -0.369 e.